The third kappa shape index (κ3) is 3.58. The van der Waals surface area contributed by atoms with E-state index in [0.29, 0.717) is 5.56 Å². The molecule has 0 saturated carbocycles. The Bertz CT molecular complexity index is 685. The molecule has 0 unspecified atom stereocenters. The average Bonchev–Trinajstić information content (AvgIpc) is 2.55. The molecule has 0 spiro atoms. The molecule has 0 atom stereocenters. The largest absolute Gasteiger partial charge is 0.416 e. The molecule has 1 N–H and O–H groups in total. The summed E-state index contributed by atoms with van der Waals surface area (Å²) < 4.78 is 40.0. The molecular formula is C19H20F3N. The molecule has 3 rings (SSSR count). The molecule has 1 saturated heterocycles. The summed E-state index contributed by atoms with van der Waals surface area (Å²) in [5.74, 6) is 0.196. The SMILES string of the molecule is Cc1ccccc1-c1cc(C2CCNCC2)cc(C(F)(F)F)c1. The first-order valence-corrected chi connectivity index (χ1v) is 7.94. The Labute approximate surface area is 134 Å². The van der Waals surface area contributed by atoms with Gasteiger partial charge in [0, 0.05) is 0 Å². The van der Waals surface area contributed by atoms with Gasteiger partial charge in [-0.3, -0.25) is 0 Å². The van der Waals surface area contributed by atoms with Crippen LogP contribution in [0.15, 0.2) is 42.5 Å². The summed E-state index contributed by atoms with van der Waals surface area (Å²) in [6.45, 7) is 3.65. The first kappa shape index (κ1) is 16.1. The lowest BCUT2D eigenvalue weighted by Gasteiger charge is -2.24. The number of hydrogen-bond acceptors (Lipinski definition) is 1. The second-order valence-corrected chi connectivity index (χ2v) is 6.18. The summed E-state index contributed by atoms with van der Waals surface area (Å²) in [6, 6.07) is 12.1. The number of rotatable bonds is 2. The fourth-order valence-corrected chi connectivity index (χ4v) is 3.26. The number of benzene rings is 2. The van der Waals surface area contributed by atoms with Crippen molar-refractivity contribution in [3.05, 3.63) is 59.2 Å². The minimum Gasteiger partial charge on any atom is -0.317 e. The molecule has 0 bridgehead atoms. The van der Waals surface area contributed by atoms with Crippen LogP contribution in [0.3, 0.4) is 0 Å². The van der Waals surface area contributed by atoms with Gasteiger partial charge in [-0.2, -0.15) is 13.2 Å². The van der Waals surface area contributed by atoms with Gasteiger partial charge in [0.15, 0.2) is 0 Å². The Morgan fingerprint density at radius 1 is 1.00 bits per heavy atom. The lowest BCUT2D eigenvalue weighted by atomic mass is 9.86. The van der Waals surface area contributed by atoms with Crippen molar-refractivity contribution < 1.29 is 13.2 Å². The van der Waals surface area contributed by atoms with E-state index in [1.165, 1.54) is 12.1 Å². The maximum atomic E-state index is 13.3. The van der Waals surface area contributed by atoms with Crippen molar-refractivity contribution in [2.75, 3.05) is 13.1 Å². The lowest BCUT2D eigenvalue weighted by Crippen LogP contribution is -2.26. The van der Waals surface area contributed by atoms with Gasteiger partial charge in [-0.05, 0) is 73.2 Å². The summed E-state index contributed by atoms with van der Waals surface area (Å²) in [6.07, 6.45) is -2.55. The molecule has 23 heavy (non-hydrogen) atoms. The average molecular weight is 319 g/mol. The molecule has 1 heterocycles. The van der Waals surface area contributed by atoms with Gasteiger partial charge in [0.25, 0.3) is 0 Å². The highest BCUT2D eigenvalue weighted by molar-refractivity contribution is 5.69. The third-order valence-corrected chi connectivity index (χ3v) is 4.55. The second kappa shape index (κ2) is 6.36. The zero-order valence-corrected chi connectivity index (χ0v) is 13.1. The number of nitrogens with one attached hydrogen (secondary N) is 1. The lowest BCUT2D eigenvalue weighted by molar-refractivity contribution is -0.137. The first-order valence-electron chi connectivity index (χ1n) is 7.94. The van der Waals surface area contributed by atoms with Crippen LogP contribution >= 0.6 is 0 Å². The van der Waals surface area contributed by atoms with E-state index < -0.39 is 11.7 Å². The van der Waals surface area contributed by atoms with Gasteiger partial charge in [0.2, 0.25) is 0 Å². The van der Waals surface area contributed by atoms with E-state index in [1.54, 1.807) is 0 Å². The molecule has 1 nitrogen and oxygen atoms in total. The van der Waals surface area contributed by atoms with Crippen LogP contribution < -0.4 is 5.32 Å². The zero-order chi connectivity index (χ0) is 16.4. The molecule has 0 aromatic heterocycles. The zero-order valence-electron chi connectivity index (χ0n) is 13.1. The predicted octanol–water partition coefficient (Wildman–Crippen LogP) is 5.15. The van der Waals surface area contributed by atoms with Gasteiger partial charge in [-0.15, -0.1) is 0 Å². The molecule has 1 fully saturated rings. The highest BCUT2D eigenvalue weighted by atomic mass is 19.4. The number of alkyl halides is 3. The Balaban J connectivity index is 2.10. The van der Waals surface area contributed by atoms with Gasteiger partial charge in [0.1, 0.15) is 0 Å². The molecule has 122 valence electrons. The van der Waals surface area contributed by atoms with E-state index >= 15 is 0 Å². The molecule has 0 amide bonds. The van der Waals surface area contributed by atoms with Crippen molar-refractivity contribution in [1.29, 1.82) is 0 Å². The Hall–Kier alpha value is -1.81. The molecule has 1 aliphatic rings. The van der Waals surface area contributed by atoms with Crippen LogP contribution in [0.5, 0.6) is 0 Å². The van der Waals surface area contributed by atoms with Crippen molar-refractivity contribution >= 4 is 0 Å². The minimum atomic E-state index is -4.32. The fraction of sp³-hybridized carbons (Fsp3) is 0.368. The molecule has 0 aliphatic carbocycles. The highest BCUT2D eigenvalue weighted by Gasteiger charge is 2.32. The van der Waals surface area contributed by atoms with Gasteiger partial charge < -0.3 is 5.32 Å². The van der Waals surface area contributed by atoms with E-state index in [-0.39, 0.29) is 5.92 Å². The van der Waals surface area contributed by atoms with E-state index in [0.717, 1.165) is 42.6 Å². The molecule has 1 aliphatic heterocycles. The number of aryl methyl sites for hydroxylation is 1. The van der Waals surface area contributed by atoms with E-state index in [9.17, 15) is 13.2 Å². The van der Waals surface area contributed by atoms with Crippen LogP contribution in [0.1, 0.15) is 35.4 Å². The number of halogens is 3. The summed E-state index contributed by atoms with van der Waals surface area (Å²) in [5, 5.41) is 3.26. The van der Waals surface area contributed by atoms with Crippen molar-refractivity contribution in [3.63, 3.8) is 0 Å². The van der Waals surface area contributed by atoms with Crippen molar-refractivity contribution in [1.82, 2.24) is 5.32 Å². The second-order valence-electron chi connectivity index (χ2n) is 6.18. The molecular weight excluding hydrogens is 299 g/mol. The van der Waals surface area contributed by atoms with Crippen LogP contribution in [-0.2, 0) is 6.18 Å². The maximum Gasteiger partial charge on any atom is 0.416 e. The third-order valence-electron chi connectivity index (χ3n) is 4.55. The van der Waals surface area contributed by atoms with E-state index in [1.807, 2.05) is 37.3 Å². The Morgan fingerprint density at radius 2 is 1.70 bits per heavy atom. The number of hydrogen-bond donors (Lipinski definition) is 1. The van der Waals surface area contributed by atoms with Gasteiger partial charge >= 0.3 is 6.18 Å². The van der Waals surface area contributed by atoms with E-state index in [2.05, 4.69) is 5.32 Å². The van der Waals surface area contributed by atoms with E-state index in [4.69, 9.17) is 0 Å². The first-order chi connectivity index (χ1) is 10.9. The van der Waals surface area contributed by atoms with Crippen LogP contribution in [0, 0.1) is 6.92 Å². The molecule has 2 aromatic carbocycles. The minimum absolute atomic E-state index is 0.196. The van der Waals surface area contributed by atoms with Crippen molar-refractivity contribution in [2.45, 2.75) is 31.9 Å². The summed E-state index contributed by atoms with van der Waals surface area (Å²) >= 11 is 0. The Morgan fingerprint density at radius 3 is 2.35 bits per heavy atom. The van der Waals surface area contributed by atoms with Gasteiger partial charge in [-0.25, -0.2) is 0 Å². The summed E-state index contributed by atoms with van der Waals surface area (Å²) in [5.41, 5.74) is 2.77. The molecule has 4 heteroatoms. The smallest absolute Gasteiger partial charge is 0.317 e. The van der Waals surface area contributed by atoms with Gasteiger partial charge in [-0.1, -0.05) is 30.3 Å². The highest BCUT2D eigenvalue weighted by Crippen LogP contribution is 2.37. The normalized spacial score (nSPS) is 16.5. The van der Waals surface area contributed by atoms with Crippen LogP contribution in [0.2, 0.25) is 0 Å². The van der Waals surface area contributed by atoms with Crippen molar-refractivity contribution in [3.8, 4) is 11.1 Å². The monoisotopic (exact) mass is 319 g/mol. The maximum absolute atomic E-state index is 13.3. The van der Waals surface area contributed by atoms with Crippen LogP contribution in [0.4, 0.5) is 13.2 Å². The summed E-state index contributed by atoms with van der Waals surface area (Å²) in [4.78, 5) is 0. The standard InChI is InChI=1S/C19H20F3N/c1-13-4-2-3-5-18(13)16-10-15(14-6-8-23-9-7-14)11-17(12-16)19(20,21)22/h2-5,10-12,14,23H,6-9H2,1H3. The fourth-order valence-electron chi connectivity index (χ4n) is 3.26. The predicted molar refractivity (Wildman–Crippen MR) is 86.5 cm³/mol. The van der Waals surface area contributed by atoms with Crippen molar-refractivity contribution in [2.24, 2.45) is 0 Å². The Kier molecular flexibility index (Phi) is 4.44. The summed E-state index contributed by atoms with van der Waals surface area (Å²) in [7, 11) is 0. The molecule has 0 radical (unpaired) electrons. The van der Waals surface area contributed by atoms with Crippen LogP contribution in [0.25, 0.3) is 11.1 Å². The quantitative estimate of drug-likeness (QED) is 0.807. The molecule has 2 aromatic rings. The van der Waals surface area contributed by atoms with Gasteiger partial charge in [0.05, 0.1) is 5.56 Å². The number of piperidine rings is 1. The topological polar surface area (TPSA) is 12.0 Å². The van der Waals surface area contributed by atoms with Crippen LogP contribution in [-0.4, -0.2) is 13.1 Å².